The highest BCUT2D eigenvalue weighted by Crippen LogP contribution is 2.15. The van der Waals surface area contributed by atoms with E-state index in [1.807, 2.05) is 32.0 Å². The van der Waals surface area contributed by atoms with E-state index in [0.717, 1.165) is 11.1 Å². The highest BCUT2D eigenvalue weighted by atomic mass is 32.2. The first-order chi connectivity index (χ1) is 7.43. The van der Waals surface area contributed by atoms with Gasteiger partial charge in [-0.2, -0.15) is 0 Å². The van der Waals surface area contributed by atoms with E-state index in [2.05, 4.69) is 10.0 Å². The van der Waals surface area contributed by atoms with Crippen molar-refractivity contribution in [3.63, 3.8) is 0 Å². The highest BCUT2D eigenvalue weighted by Gasteiger charge is 2.09. The van der Waals surface area contributed by atoms with Gasteiger partial charge < -0.3 is 5.32 Å². The summed E-state index contributed by atoms with van der Waals surface area (Å²) in [6, 6.07) is 5.65. The van der Waals surface area contributed by atoms with E-state index in [9.17, 15) is 8.42 Å². The first-order valence-electron chi connectivity index (χ1n) is 5.16. The summed E-state index contributed by atoms with van der Waals surface area (Å²) in [4.78, 5) is 0. The smallest absolute Gasteiger partial charge is 0.233 e. The van der Waals surface area contributed by atoms with Crippen molar-refractivity contribution in [3.8, 4) is 0 Å². The maximum Gasteiger partial charge on any atom is 0.233 e. The molecule has 0 radical (unpaired) electrons. The summed E-state index contributed by atoms with van der Waals surface area (Å²) >= 11 is 0. The number of hydrogen-bond acceptors (Lipinski definition) is 3. The second kappa shape index (κ2) is 5.32. The number of anilines is 1. The summed E-state index contributed by atoms with van der Waals surface area (Å²) in [6.07, 6.45) is 0. The third-order valence-corrected chi connectivity index (χ3v) is 3.40. The van der Waals surface area contributed by atoms with E-state index < -0.39 is 10.0 Å². The van der Waals surface area contributed by atoms with Crippen LogP contribution in [-0.4, -0.2) is 27.8 Å². The van der Waals surface area contributed by atoms with Crippen LogP contribution in [0.1, 0.15) is 11.1 Å². The molecule has 0 fully saturated rings. The molecule has 16 heavy (non-hydrogen) atoms. The van der Waals surface area contributed by atoms with Gasteiger partial charge in [-0.3, -0.25) is 4.72 Å². The first-order valence-corrected chi connectivity index (χ1v) is 6.81. The summed E-state index contributed by atoms with van der Waals surface area (Å²) in [5.41, 5.74) is 2.73. The summed E-state index contributed by atoms with van der Waals surface area (Å²) in [7, 11) is -1.51. The van der Waals surface area contributed by atoms with Crippen LogP contribution in [-0.2, 0) is 10.0 Å². The Kier molecular flexibility index (Phi) is 4.32. The predicted octanol–water partition coefficient (Wildman–Crippen LogP) is 1.26. The maximum atomic E-state index is 11.6. The molecule has 0 bridgehead atoms. The molecule has 5 heteroatoms. The zero-order valence-corrected chi connectivity index (χ0v) is 10.7. The minimum atomic E-state index is -3.24. The molecule has 0 atom stereocenters. The zero-order valence-electron chi connectivity index (χ0n) is 9.87. The number of hydrogen-bond donors (Lipinski definition) is 2. The normalized spacial score (nSPS) is 11.4. The average molecular weight is 242 g/mol. The Labute approximate surface area is 97.1 Å². The zero-order chi connectivity index (χ0) is 12.2. The van der Waals surface area contributed by atoms with Gasteiger partial charge in [0, 0.05) is 12.2 Å². The van der Waals surface area contributed by atoms with Crippen molar-refractivity contribution in [3.05, 3.63) is 29.3 Å². The average Bonchev–Trinajstić information content (AvgIpc) is 2.12. The summed E-state index contributed by atoms with van der Waals surface area (Å²) in [6.45, 7) is 4.33. The Morgan fingerprint density at radius 2 is 1.69 bits per heavy atom. The molecular formula is C11H18N2O2S. The summed E-state index contributed by atoms with van der Waals surface area (Å²) in [5.74, 6) is 0.0799. The fourth-order valence-corrected chi connectivity index (χ4v) is 2.55. The summed E-state index contributed by atoms with van der Waals surface area (Å²) in [5, 5.41) is 2.81. The van der Waals surface area contributed by atoms with Gasteiger partial charge in [-0.15, -0.1) is 0 Å². The standard InChI is InChI=1S/C11H18N2O2S/c1-9-6-10(2)8-11(7-9)13-16(14,15)5-4-12-3/h6-8,12-13H,4-5H2,1-3H3. The monoisotopic (exact) mass is 242 g/mol. The lowest BCUT2D eigenvalue weighted by Gasteiger charge is -2.09. The van der Waals surface area contributed by atoms with E-state index in [1.165, 1.54) is 0 Å². The Hall–Kier alpha value is -1.07. The molecular weight excluding hydrogens is 224 g/mol. The maximum absolute atomic E-state index is 11.6. The Morgan fingerprint density at radius 1 is 1.12 bits per heavy atom. The van der Waals surface area contributed by atoms with Crippen molar-refractivity contribution in [2.75, 3.05) is 24.1 Å². The molecule has 0 heterocycles. The number of nitrogens with one attached hydrogen (secondary N) is 2. The summed E-state index contributed by atoms with van der Waals surface area (Å²) < 4.78 is 25.8. The lowest BCUT2D eigenvalue weighted by Crippen LogP contribution is -2.24. The van der Waals surface area contributed by atoms with Gasteiger partial charge in [-0.05, 0) is 44.2 Å². The SMILES string of the molecule is CNCCS(=O)(=O)Nc1cc(C)cc(C)c1. The molecule has 0 aliphatic rings. The molecule has 0 saturated heterocycles. The minimum absolute atomic E-state index is 0.0799. The van der Waals surface area contributed by atoms with Crippen molar-refractivity contribution in [1.82, 2.24) is 5.32 Å². The van der Waals surface area contributed by atoms with Gasteiger partial charge in [-0.25, -0.2) is 8.42 Å². The molecule has 0 aliphatic heterocycles. The molecule has 2 N–H and O–H groups in total. The molecule has 1 rings (SSSR count). The third-order valence-electron chi connectivity index (χ3n) is 2.12. The first kappa shape index (κ1) is 13.0. The van der Waals surface area contributed by atoms with Crippen LogP contribution in [0.25, 0.3) is 0 Å². The quantitative estimate of drug-likeness (QED) is 0.817. The number of benzene rings is 1. The van der Waals surface area contributed by atoms with Gasteiger partial charge in [0.1, 0.15) is 0 Å². The second-order valence-corrected chi connectivity index (χ2v) is 5.74. The van der Waals surface area contributed by atoms with Crippen LogP contribution >= 0.6 is 0 Å². The van der Waals surface area contributed by atoms with Crippen molar-refractivity contribution >= 4 is 15.7 Å². The second-order valence-electron chi connectivity index (χ2n) is 3.90. The predicted molar refractivity (Wildman–Crippen MR) is 67.3 cm³/mol. The van der Waals surface area contributed by atoms with Crippen LogP contribution in [0.2, 0.25) is 0 Å². The largest absolute Gasteiger partial charge is 0.319 e. The fraction of sp³-hybridized carbons (Fsp3) is 0.455. The molecule has 1 aromatic rings. The molecule has 0 amide bonds. The molecule has 0 spiro atoms. The van der Waals surface area contributed by atoms with Crippen LogP contribution in [0, 0.1) is 13.8 Å². The molecule has 4 nitrogen and oxygen atoms in total. The Morgan fingerprint density at radius 3 is 2.19 bits per heavy atom. The van der Waals surface area contributed by atoms with Gasteiger partial charge in [0.2, 0.25) is 10.0 Å². The molecule has 0 unspecified atom stereocenters. The minimum Gasteiger partial charge on any atom is -0.319 e. The van der Waals surface area contributed by atoms with Gasteiger partial charge >= 0.3 is 0 Å². The topological polar surface area (TPSA) is 58.2 Å². The third kappa shape index (κ3) is 4.20. The van der Waals surface area contributed by atoms with Crippen LogP contribution in [0.5, 0.6) is 0 Å². The Balaban J connectivity index is 2.80. The van der Waals surface area contributed by atoms with E-state index in [1.54, 1.807) is 7.05 Å². The number of aryl methyl sites for hydroxylation is 2. The van der Waals surface area contributed by atoms with Crippen molar-refractivity contribution in [1.29, 1.82) is 0 Å². The van der Waals surface area contributed by atoms with Crippen LogP contribution in [0.15, 0.2) is 18.2 Å². The molecule has 0 saturated carbocycles. The van der Waals surface area contributed by atoms with E-state index in [4.69, 9.17) is 0 Å². The fourth-order valence-electron chi connectivity index (χ4n) is 1.50. The lowest BCUT2D eigenvalue weighted by atomic mass is 10.1. The van der Waals surface area contributed by atoms with E-state index >= 15 is 0 Å². The van der Waals surface area contributed by atoms with Crippen molar-refractivity contribution < 1.29 is 8.42 Å². The van der Waals surface area contributed by atoms with Crippen molar-refractivity contribution in [2.45, 2.75) is 13.8 Å². The number of sulfonamides is 1. The van der Waals surface area contributed by atoms with Gasteiger partial charge in [-0.1, -0.05) is 6.07 Å². The van der Waals surface area contributed by atoms with Crippen LogP contribution in [0.4, 0.5) is 5.69 Å². The van der Waals surface area contributed by atoms with Gasteiger partial charge in [0.25, 0.3) is 0 Å². The number of rotatable bonds is 5. The molecule has 90 valence electrons. The molecule has 0 aromatic heterocycles. The van der Waals surface area contributed by atoms with Crippen LogP contribution < -0.4 is 10.0 Å². The highest BCUT2D eigenvalue weighted by molar-refractivity contribution is 7.92. The Bertz CT molecular complexity index is 435. The molecule has 0 aliphatic carbocycles. The van der Waals surface area contributed by atoms with Crippen LogP contribution in [0.3, 0.4) is 0 Å². The molecule has 1 aromatic carbocycles. The van der Waals surface area contributed by atoms with E-state index in [0.29, 0.717) is 12.2 Å². The van der Waals surface area contributed by atoms with Crippen molar-refractivity contribution in [2.24, 2.45) is 0 Å². The lowest BCUT2D eigenvalue weighted by molar-refractivity contribution is 0.599. The van der Waals surface area contributed by atoms with Gasteiger partial charge in [0.05, 0.1) is 5.75 Å². The van der Waals surface area contributed by atoms with Gasteiger partial charge in [0.15, 0.2) is 0 Å². The van der Waals surface area contributed by atoms with E-state index in [-0.39, 0.29) is 5.75 Å².